The van der Waals surface area contributed by atoms with Crippen LogP contribution in [0.5, 0.6) is 0 Å². The molecule has 2 atom stereocenters. The molecule has 1 aliphatic heterocycles. The van der Waals surface area contributed by atoms with E-state index >= 15 is 0 Å². The standard InChI is InChI=1S/C15H26N2O/c1-12-4-6-14(7-5-13(12)2)15(16-3)17-8-10-18-11-9-17/h6,12-13H,4-5,7-11H2,1-3H3. The number of allylic oxidation sites excluding steroid dienone is 1. The van der Waals surface area contributed by atoms with E-state index in [2.05, 4.69) is 29.8 Å². The van der Waals surface area contributed by atoms with Crippen LogP contribution in [0.15, 0.2) is 16.6 Å². The molecule has 3 heteroatoms. The number of nitrogens with zero attached hydrogens (tertiary/aromatic N) is 2. The molecular weight excluding hydrogens is 224 g/mol. The summed E-state index contributed by atoms with van der Waals surface area (Å²) in [5.41, 5.74) is 1.45. The van der Waals surface area contributed by atoms with E-state index in [1.54, 1.807) is 0 Å². The van der Waals surface area contributed by atoms with Gasteiger partial charge in [-0.2, -0.15) is 0 Å². The Kier molecular flexibility index (Phi) is 4.81. The summed E-state index contributed by atoms with van der Waals surface area (Å²) >= 11 is 0. The van der Waals surface area contributed by atoms with Crippen molar-refractivity contribution in [2.45, 2.75) is 33.1 Å². The van der Waals surface area contributed by atoms with Gasteiger partial charge in [-0.05, 0) is 36.7 Å². The van der Waals surface area contributed by atoms with E-state index in [0.29, 0.717) is 0 Å². The van der Waals surface area contributed by atoms with Crippen molar-refractivity contribution in [1.82, 2.24) is 4.90 Å². The minimum atomic E-state index is 0.797. The van der Waals surface area contributed by atoms with Crippen LogP contribution in [0.3, 0.4) is 0 Å². The fourth-order valence-electron chi connectivity index (χ4n) is 2.80. The smallest absolute Gasteiger partial charge is 0.126 e. The van der Waals surface area contributed by atoms with Crippen LogP contribution in [0.2, 0.25) is 0 Å². The Morgan fingerprint density at radius 1 is 1.28 bits per heavy atom. The van der Waals surface area contributed by atoms with Gasteiger partial charge in [-0.3, -0.25) is 4.99 Å². The van der Waals surface area contributed by atoms with Crippen LogP contribution in [0.4, 0.5) is 0 Å². The second-order valence-corrected chi connectivity index (χ2v) is 5.60. The van der Waals surface area contributed by atoms with Crippen molar-refractivity contribution in [2.75, 3.05) is 33.4 Å². The molecule has 0 spiro atoms. The van der Waals surface area contributed by atoms with Gasteiger partial charge in [-0.15, -0.1) is 0 Å². The highest BCUT2D eigenvalue weighted by Crippen LogP contribution is 2.28. The van der Waals surface area contributed by atoms with Crippen LogP contribution in [0.25, 0.3) is 0 Å². The Hall–Kier alpha value is -0.830. The number of hydrogen-bond acceptors (Lipinski definition) is 2. The van der Waals surface area contributed by atoms with Gasteiger partial charge in [-0.1, -0.05) is 19.9 Å². The number of morpholine rings is 1. The molecule has 1 aliphatic carbocycles. The molecule has 0 saturated carbocycles. The average Bonchev–Trinajstić information content (AvgIpc) is 2.57. The number of rotatable bonds is 1. The highest BCUT2D eigenvalue weighted by atomic mass is 16.5. The van der Waals surface area contributed by atoms with Gasteiger partial charge in [0.15, 0.2) is 0 Å². The number of amidine groups is 1. The summed E-state index contributed by atoms with van der Waals surface area (Å²) in [6, 6.07) is 0. The number of hydrogen-bond donors (Lipinski definition) is 0. The summed E-state index contributed by atoms with van der Waals surface area (Å²) in [7, 11) is 1.92. The van der Waals surface area contributed by atoms with Crippen molar-refractivity contribution in [3.05, 3.63) is 11.6 Å². The van der Waals surface area contributed by atoms with Crippen molar-refractivity contribution >= 4 is 5.84 Å². The molecule has 0 aromatic heterocycles. The lowest BCUT2D eigenvalue weighted by molar-refractivity contribution is 0.0681. The number of ether oxygens (including phenoxy) is 1. The van der Waals surface area contributed by atoms with Crippen LogP contribution < -0.4 is 0 Å². The summed E-state index contributed by atoms with van der Waals surface area (Å²) in [5, 5.41) is 0. The van der Waals surface area contributed by atoms with E-state index in [-0.39, 0.29) is 0 Å². The van der Waals surface area contributed by atoms with Crippen molar-refractivity contribution in [2.24, 2.45) is 16.8 Å². The third kappa shape index (κ3) is 3.14. The van der Waals surface area contributed by atoms with Crippen molar-refractivity contribution in [3.8, 4) is 0 Å². The van der Waals surface area contributed by atoms with Crippen molar-refractivity contribution < 1.29 is 4.74 Å². The van der Waals surface area contributed by atoms with Gasteiger partial charge >= 0.3 is 0 Å². The molecule has 0 amide bonds. The molecule has 0 radical (unpaired) electrons. The maximum absolute atomic E-state index is 5.42. The molecule has 0 bridgehead atoms. The van der Waals surface area contributed by atoms with E-state index in [0.717, 1.165) is 38.1 Å². The zero-order valence-electron chi connectivity index (χ0n) is 12.0. The first-order valence-corrected chi connectivity index (χ1v) is 7.21. The summed E-state index contributed by atoms with van der Waals surface area (Å²) in [6.07, 6.45) is 6.08. The molecule has 0 N–H and O–H groups in total. The Bertz CT molecular complexity index is 329. The molecule has 102 valence electrons. The fourth-order valence-corrected chi connectivity index (χ4v) is 2.80. The maximum Gasteiger partial charge on any atom is 0.126 e. The van der Waals surface area contributed by atoms with Crippen molar-refractivity contribution in [3.63, 3.8) is 0 Å². The molecule has 0 aromatic carbocycles. The predicted molar refractivity (Wildman–Crippen MR) is 76.0 cm³/mol. The second kappa shape index (κ2) is 6.37. The second-order valence-electron chi connectivity index (χ2n) is 5.60. The molecule has 2 unspecified atom stereocenters. The Labute approximate surface area is 111 Å². The van der Waals surface area contributed by atoms with Crippen LogP contribution in [-0.4, -0.2) is 44.1 Å². The number of aliphatic imine (C=N–C) groups is 1. The molecule has 2 aliphatic rings. The Balaban J connectivity index is 2.07. The predicted octanol–water partition coefficient (Wildman–Crippen LogP) is 2.73. The van der Waals surface area contributed by atoms with Crippen LogP contribution in [-0.2, 0) is 4.74 Å². The molecule has 1 heterocycles. The average molecular weight is 250 g/mol. The zero-order chi connectivity index (χ0) is 13.0. The molecule has 3 nitrogen and oxygen atoms in total. The lowest BCUT2D eigenvalue weighted by atomic mass is 9.91. The van der Waals surface area contributed by atoms with Gasteiger partial charge in [0.25, 0.3) is 0 Å². The molecule has 1 saturated heterocycles. The van der Waals surface area contributed by atoms with E-state index in [1.165, 1.54) is 30.7 Å². The zero-order valence-corrected chi connectivity index (χ0v) is 12.0. The van der Waals surface area contributed by atoms with Crippen LogP contribution >= 0.6 is 0 Å². The molecule has 0 aromatic rings. The topological polar surface area (TPSA) is 24.8 Å². The summed E-state index contributed by atoms with van der Waals surface area (Å²) < 4.78 is 5.42. The van der Waals surface area contributed by atoms with Crippen LogP contribution in [0, 0.1) is 11.8 Å². The third-order valence-corrected chi connectivity index (χ3v) is 4.39. The van der Waals surface area contributed by atoms with E-state index in [1.807, 2.05) is 7.05 Å². The van der Waals surface area contributed by atoms with Crippen LogP contribution in [0.1, 0.15) is 33.1 Å². The first-order chi connectivity index (χ1) is 8.72. The summed E-state index contributed by atoms with van der Waals surface area (Å²) in [4.78, 5) is 6.93. The van der Waals surface area contributed by atoms with E-state index in [4.69, 9.17) is 4.74 Å². The van der Waals surface area contributed by atoms with E-state index < -0.39 is 0 Å². The van der Waals surface area contributed by atoms with Gasteiger partial charge in [0.1, 0.15) is 5.84 Å². The molecule has 18 heavy (non-hydrogen) atoms. The Morgan fingerprint density at radius 3 is 2.67 bits per heavy atom. The quantitative estimate of drug-likeness (QED) is 0.528. The van der Waals surface area contributed by atoms with Gasteiger partial charge in [0.2, 0.25) is 0 Å². The lowest BCUT2D eigenvalue weighted by Gasteiger charge is -2.31. The minimum absolute atomic E-state index is 0.797. The summed E-state index contributed by atoms with van der Waals surface area (Å²) in [6.45, 7) is 8.36. The largest absolute Gasteiger partial charge is 0.378 e. The Morgan fingerprint density at radius 2 is 2.00 bits per heavy atom. The molecule has 1 fully saturated rings. The molecular formula is C15H26N2O. The SMILES string of the molecule is CN=C(C1=CCC(C)C(C)CC1)N1CCOCC1. The van der Waals surface area contributed by atoms with Gasteiger partial charge < -0.3 is 9.64 Å². The maximum atomic E-state index is 5.42. The highest BCUT2D eigenvalue weighted by Gasteiger charge is 2.22. The fraction of sp³-hybridized carbons (Fsp3) is 0.800. The summed E-state index contributed by atoms with van der Waals surface area (Å²) in [5.74, 6) is 2.83. The van der Waals surface area contributed by atoms with E-state index in [9.17, 15) is 0 Å². The first-order valence-electron chi connectivity index (χ1n) is 7.21. The lowest BCUT2D eigenvalue weighted by Crippen LogP contribution is -2.41. The third-order valence-electron chi connectivity index (χ3n) is 4.39. The van der Waals surface area contributed by atoms with Crippen molar-refractivity contribution in [1.29, 1.82) is 0 Å². The first kappa shape index (κ1) is 13.6. The van der Waals surface area contributed by atoms with Gasteiger partial charge in [0.05, 0.1) is 13.2 Å². The van der Waals surface area contributed by atoms with Gasteiger partial charge in [-0.25, -0.2) is 0 Å². The monoisotopic (exact) mass is 250 g/mol. The van der Waals surface area contributed by atoms with Gasteiger partial charge in [0, 0.05) is 20.1 Å². The highest BCUT2D eigenvalue weighted by molar-refractivity contribution is 5.98. The normalized spacial score (nSPS) is 30.9. The minimum Gasteiger partial charge on any atom is -0.378 e. The molecule has 2 rings (SSSR count).